The van der Waals surface area contributed by atoms with Crippen molar-refractivity contribution < 1.29 is 49.2 Å². The van der Waals surface area contributed by atoms with Crippen molar-refractivity contribution in [3.05, 3.63) is 143 Å². The van der Waals surface area contributed by atoms with Crippen LogP contribution in [0.15, 0.2) is 109 Å². The molecule has 6 rings (SSSR count). The van der Waals surface area contributed by atoms with E-state index >= 15 is 0 Å². The molecule has 6 aromatic rings. The fourth-order valence-corrected chi connectivity index (χ4v) is 5.63. The predicted molar refractivity (Wildman–Crippen MR) is 189 cm³/mol. The van der Waals surface area contributed by atoms with Crippen LogP contribution in [0.5, 0.6) is 0 Å². The van der Waals surface area contributed by atoms with Crippen molar-refractivity contribution in [3.63, 3.8) is 0 Å². The average Bonchev–Trinajstić information content (AvgIpc) is 3.75. The van der Waals surface area contributed by atoms with E-state index in [9.17, 15) is 49.2 Å². The first kappa shape index (κ1) is 39.8. The van der Waals surface area contributed by atoms with E-state index in [4.69, 9.17) is 0 Å². The summed E-state index contributed by atoms with van der Waals surface area (Å²) in [6, 6.07) is 23.4. The van der Waals surface area contributed by atoms with Gasteiger partial charge in [-0.1, -0.05) is 60.7 Å². The summed E-state index contributed by atoms with van der Waals surface area (Å²) in [7, 11) is 0. The summed E-state index contributed by atoms with van der Waals surface area (Å²) in [5.41, 5.74) is 2.51. The van der Waals surface area contributed by atoms with Gasteiger partial charge in [-0.2, -0.15) is 0 Å². The molecule has 0 aliphatic rings. The van der Waals surface area contributed by atoms with Crippen LogP contribution in [0.25, 0.3) is 21.8 Å². The van der Waals surface area contributed by atoms with Gasteiger partial charge in [-0.25, -0.2) is 9.59 Å². The Kier molecular flexibility index (Phi) is 13.5. The second kappa shape index (κ2) is 18.0. The monoisotopic (exact) mass is 742 g/mol. The summed E-state index contributed by atoms with van der Waals surface area (Å²) < 4.78 is 0. The number of hydrogen-bond acceptors (Lipinski definition) is 8. The Morgan fingerprint density at radius 3 is 1.19 bits per heavy atom. The van der Waals surface area contributed by atoms with E-state index in [1.165, 1.54) is 48.5 Å². The molecule has 2 aromatic heterocycles. The van der Waals surface area contributed by atoms with Crippen LogP contribution >= 0.6 is 0 Å². The van der Waals surface area contributed by atoms with Crippen molar-refractivity contribution in [2.24, 2.45) is 0 Å². The number of carbonyl (C=O) groups is 6. The maximum atomic E-state index is 12.4. The molecule has 2 atom stereocenters. The van der Waals surface area contributed by atoms with Crippen molar-refractivity contribution in [1.82, 2.24) is 20.6 Å². The summed E-state index contributed by atoms with van der Waals surface area (Å²) in [6.07, 6.45) is 3.37. The first-order chi connectivity index (χ1) is 24.9. The predicted octanol–water partition coefficient (Wildman–Crippen LogP) is 1.53. The zero-order valence-corrected chi connectivity index (χ0v) is 30.0. The SMILES string of the molecule is O=C(O)c1ccccc1C(=O)N[C@@H](Cc1c[nH]c2ccccc12)C(=O)[O-].O=C(O)c1ccccc1C(=O)N[C@@H](Cc1c[nH]c2ccccc12)C(=O)[O-].[Ca+2]. The number of H-pyrrole nitrogens is 2. The Morgan fingerprint density at radius 1 is 0.528 bits per heavy atom. The standard InChI is InChI=1S/2C19H16N2O5.Ca/c2*22-17(13-6-1-2-7-14(13)18(23)24)21-16(19(25)26)9-11-10-20-15-8-4-3-5-12(11)15;/h2*1-8,10,16,20H,9H2,(H,21,22)(H,23,24)(H,25,26);/q;;+2/p-2/t2*16-;/m00./s1. The van der Waals surface area contributed by atoms with Crippen LogP contribution < -0.4 is 20.8 Å². The van der Waals surface area contributed by atoms with Crippen LogP contribution in [0.2, 0.25) is 0 Å². The molecular formula is C38H30CaN4O10. The molecule has 0 saturated carbocycles. The zero-order valence-electron chi connectivity index (χ0n) is 27.8. The Balaban J connectivity index is 0.000000232. The smallest absolute Gasteiger partial charge is 0.548 e. The van der Waals surface area contributed by atoms with Gasteiger partial charge in [0.05, 0.1) is 46.3 Å². The van der Waals surface area contributed by atoms with Crippen molar-refractivity contribution in [2.45, 2.75) is 24.9 Å². The largest absolute Gasteiger partial charge is 2.00 e. The Hall–Kier alpha value is -5.96. The molecule has 0 saturated heterocycles. The van der Waals surface area contributed by atoms with Crippen LogP contribution in [0, 0.1) is 0 Å². The second-order valence-corrected chi connectivity index (χ2v) is 11.5. The van der Waals surface area contributed by atoms with Crippen LogP contribution in [0.1, 0.15) is 52.6 Å². The number of aromatic carboxylic acids is 2. The molecule has 0 unspecified atom stereocenters. The maximum absolute atomic E-state index is 12.4. The molecule has 0 radical (unpaired) electrons. The molecule has 4 aromatic carbocycles. The number of hydrogen-bond donors (Lipinski definition) is 6. The van der Waals surface area contributed by atoms with Gasteiger partial charge < -0.3 is 50.6 Å². The quantitative estimate of drug-likeness (QED) is 0.0988. The number of benzene rings is 4. The van der Waals surface area contributed by atoms with E-state index < -0.39 is 47.8 Å². The third kappa shape index (κ3) is 9.68. The molecule has 2 heterocycles. The van der Waals surface area contributed by atoms with Crippen LogP contribution in [0.4, 0.5) is 0 Å². The van der Waals surface area contributed by atoms with Gasteiger partial charge in [-0.3, -0.25) is 9.59 Å². The number of nitrogens with one attached hydrogen (secondary N) is 4. The number of aromatic amines is 2. The van der Waals surface area contributed by atoms with Gasteiger partial charge in [0.2, 0.25) is 0 Å². The maximum Gasteiger partial charge on any atom is 2.00 e. The molecule has 0 spiro atoms. The first-order valence-corrected chi connectivity index (χ1v) is 15.7. The average molecular weight is 743 g/mol. The first-order valence-electron chi connectivity index (χ1n) is 15.7. The molecule has 15 heteroatoms. The third-order valence-corrected chi connectivity index (χ3v) is 8.18. The number of rotatable bonds is 12. The fraction of sp³-hybridized carbons (Fsp3) is 0.105. The Bertz CT molecular complexity index is 2150. The molecule has 53 heavy (non-hydrogen) atoms. The second-order valence-electron chi connectivity index (χ2n) is 11.5. The summed E-state index contributed by atoms with van der Waals surface area (Å²) in [4.78, 5) is 76.3. The van der Waals surface area contributed by atoms with E-state index in [-0.39, 0.29) is 72.8 Å². The molecule has 0 fully saturated rings. The van der Waals surface area contributed by atoms with Gasteiger partial charge in [0.25, 0.3) is 11.8 Å². The minimum Gasteiger partial charge on any atom is -0.548 e. The summed E-state index contributed by atoms with van der Waals surface area (Å²) in [5, 5.41) is 47.7. The summed E-state index contributed by atoms with van der Waals surface area (Å²) >= 11 is 0. The van der Waals surface area contributed by atoms with Gasteiger partial charge >= 0.3 is 49.7 Å². The molecule has 0 aliphatic heterocycles. The topological polar surface area (TPSA) is 245 Å². The third-order valence-electron chi connectivity index (χ3n) is 8.18. The minimum absolute atomic E-state index is 0. The Labute approximate surface area is 330 Å². The summed E-state index contributed by atoms with van der Waals surface area (Å²) in [6.45, 7) is 0. The van der Waals surface area contributed by atoms with Gasteiger partial charge in [-0.05, 0) is 47.5 Å². The number of aromatic nitrogens is 2. The fourth-order valence-electron chi connectivity index (χ4n) is 5.63. The molecule has 0 bridgehead atoms. The number of fused-ring (bicyclic) bond motifs is 2. The van der Waals surface area contributed by atoms with Crippen molar-refractivity contribution >= 4 is 95.2 Å². The van der Waals surface area contributed by atoms with E-state index in [2.05, 4.69) is 20.6 Å². The van der Waals surface area contributed by atoms with Gasteiger partial charge in [-0.15, -0.1) is 0 Å². The molecule has 264 valence electrons. The number of carboxylic acid groups (broad SMARTS) is 4. The van der Waals surface area contributed by atoms with Gasteiger partial charge in [0.1, 0.15) is 0 Å². The van der Waals surface area contributed by atoms with E-state index in [1.807, 2.05) is 48.5 Å². The van der Waals surface area contributed by atoms with Crippen molar-refractivity contribution in [2.75, 3.05) is 0 Å². The number of carbonyl (C=O) groups excluding carboxylic acids is 4. The van der Waals surface area contributed by atoms with Crippen LogP contribution in [0.3, 0.4) is 0 Å². The molecule has 0 aliphatic carbocycles. The van der Waals surface area contributed by atoms with Crippen molar-refractivity contribution in [3.8, 4) is 0 Å². The molecule has 2 amide bonds. The van der Waals surface area contributed by atoms with Gasteiger partial charge in [0.15, 0.2) is 0 Å². The Morgan fingerprint density at radius 2 is 0.849 bits per heavy atom. The van der Waals surface area contributed by atoms with Gasteiger partial charge in [0, 0.05) is 47.0 Å². The molecular weight excluding hydrogens is 713 g/mol. The van der Waals surface area contributed by atoms with Crippen LogP contribution in [-0.4, -0.2) is 106 Å². The number of para-hydroxylation sites is 2. The number of carboxylic acids is 4. The van der Waals surface area contributed by atoms with E-state index in [0.29, 0.717) is 11.1 Å². The number of aliphatic carboxylic acids is 2. The minimum atomic E-state index is -1.45. The van der Waals surface area contributed by atoms with E-state index in [1.54, 1.807) is 12.4 Å². The van der Waals surface area contributed by atoms with Crippen molar-refractivity contribution in [1.29, 1.82) is 0 Å². The van der Waals surface area contributed by atoms with Crippen LogP contribution in [-0.2, 0) is 22.4 Å². The molecule has 14 nitrogen and oxygen atoms in total. The number of amides is 2. The summed E-state index contributed by atoms with van der Waals surface area (Å²) in [5.74, 6) is -6.99. The molecule has 6 N–H and O–H groups in total. The normalized spacial score (nSPS) is 11.6. The van der Waals surface area contributed by atoms with E-state index in [0.717, 1.165) is 21.8 Å². The zero-order chi connectivity index (χ0) is 37.4.